The molecule has 5 rings (SSSR count). The highest BCUT2D eigenvalue weighted by Crippen LogP contribution is 2.40. The molecular weight excluding hydrogens is 334 g/mol. The van der Waals surface area contributed by atoms with Crippen molar-refractivity contribution in [3.8, 4) is 16.9 Å². The van der Waals surface area contributed by atoms with Gasteiger partial charge in [0.15, 0.2) is 0 Å². The Bertz CT molecular complexity index is 1330. The fourth-order valence-electron chi connectivity index (χ4n) is 4.09. The zero-order valence-corrected chi connectivity index (χ0v) is 15.5. The average Bonchev–Trinajstić information content (AvgIpc) is 2.99. The van der Waals surface area contributed by atoms with Gasteiger partial charge in [-0.05, 0) is 24.4 Å². The lowest BCUT2D eigenvalue weighted by Gasteiger charge is -2.12. The van der Waals surface area contributed by atoms with Crippen molar-refractivity contribution in [3.05, 3.63) is 66.7 Å². The predicted octanol–water partition coefficient (Wildman–Crippen LogP) is 5.26. The Morgan fingerprint density at radius 1 is 0.926 bits per heavy atom. The molecule has 0 aliphatic rings. The molecule has 132 valence electrons. The molecule has 0 atom stereocenters. The summed E-state index contributed by atoms with van der Waals surface area (Å²) in [5.74, 6) is 0.845. The van der Waals surface area contributed by atoms with Crippen molar-refractivity contribution in [3.63, 3.8) is 0 Å². The lowest BCUT2D eigenvalue weighted by molar-refractivity contribution is 0.417. The van der Waals surface area contributed by atoms with Gasteiger partial charge in [-0.3, -0.25) is 9.97 Å². The molecule has 4 nitrogen and oxygen atoms in total. The molecule has 2 aromatic carbocycles. The van der Waals surface area contributed by atoms with E-state index in [4.69, 9.17) is 4.74 Å². The zero-order chi connectivity index (χ0) is 18.5. The molecule has 5 aromatic rings. The zero-order valence-electron chi connectivity index (χ0n) is 15.5. The second kappa shape index (κ2) is 5.81. The molecule has 0 saturated carbocycles. The number of ether oxygens (including phenoxy) is 1. The van der Waals surface area contributed by atoms with Crippen LogP contribution in [-0.2, 0) is 7.05 Å². The van der Waals surface area contributed by atoms with Gasteiger partial charge in [-0.1, -0.05) is 24.3 Å². The standard InChI is InChI=1S/C23H19N3O/c1-14-23-17(8-9-25-14)18-10-19(22(27-3)11-21(18)26(23)2)20-13-24-12-15-6-4-5-7-16(15)20/h4-13H,1-3H3. The van der Waals surface area contributed by atoms with Crippen molar-refractivity contribution in [1.82, 2.24) is 14.5 Å². The van der Waals surface area contributed by atoms with E-state index in [1.807, 2.05) is 31.6 Å². The summed E-state index contributed by atoms with van der Waals surface area (Å²) in [7, 11) is 3.80. The van der Waals surface area contributed by atoms with Crippen molar-refractivity contribution in [2.24, 2.45) is 7.05 Å². The maximum absolute atomic E-state index is 5.78. The van der Waals surface area contributed by atoms with Crippen LogP contribution in [0.3, 0.4) is 0 Å². The molecule has 0 aliphatic heterocycles. The molecule has 0 unspecified atom stereocenters. The van der Waals surface area contributed by atoms with Gasteiger partial charge in [0.1, 0.15) is 5.75 Å². The van der Waals surface area contributed by atoms with E-state index in [0.717, 1.165) is 39.0 Å². The molecule has 3 heterocycles. The molecule has 0 fully saturated rings. The minimum Gasteiger partial charge on any atom is -0.496 e. The van der Waals surface area contributed by atoms with Crippen LogP contribution < -0.4 is 4.74 Å². The molecular formula is C23H19N3O. The molecule has 27 heavy (non-hydrogen) atoms. The average molecular weight is 353 g/mol. The minimum absolute atomic E-state index is 0.845. The Hall–Kier alpha value is -3.40. The van der Waals surface area contributed by atoms with Gasteiger partial charge in [-0.25, -0.2) is 0 Å². The van der Waals surface area contributed by atoms with Gasteiger partial charge >= 0.3 is 0 Å². The van der Waals surface area contributed by atoms with Gasteiger partial charge in [-0.15, -0.1) is 0 Å². The SMILES string of the molecule is COc1cc2c(cc1-c1cncc3ccccc13)c1ccnc(C)c1n2C. The summed E-state index contributed by atoms with van der Waals surface area (Å²) in [5.41, 5.74) is 5.45. The van der Waals surface area contributed by atoms with Gasteiger partial charge in [-0.2, -0.15) is 0 Å². The van der Waals surface area contributed by atoms with E-state index in [1.54, 1.807) is 7.11 Å². The first-order chi connectivity index (χ1) is 13.2. The molecule has 0 amide bonds. The topological polar surface area (TPSA) is 39.9 Å². The molecule has 0 radical (unpaired) electrons. The van der Waals surface area contributed by atoms with Crippen LogP contribution >= 0.6 is 0 Å². The largest absolute Gasteiger partial charge is 0.496 e. The van der Waals surface area contributed by atoms with Crippen molar-refractivity contribution < 1.29 is 4.74 Å². The third-order valence-electron chi connectivity index (χ3n) is 5.37. The monoisotopic (exact) mass is 353 g/mol. The predicted molar refractivity (Wildman–Crippen MR) is 110 cm³/mol. The van der Waals surface area contributed by atoms with E-state index < -0.39 is 0 Å². The van der Waals surface area contributed by atoms with Crippen LogP contribution in [0.2, 0.25) is 0 Å². The van der Waals surface area contributed by atoms with Gasteiger partial charge in [0.05, 0.1) is 23.8 Å². The fraction of sp³-hybridized carbons (Fsp3) is 0.130. The Kier molecular flexibility index (Phi) is 3.41. The van der Waals surface area contributed by atoms with Crippen molar-refractivity contribution in [1.29, 1.82) is 0 Å². The van der Waals surface area contributed by atoms with Crippen LogP contribution in [0.15, 0.2) is 61.1 Å². The summed E-state index contributed by atoms with van der Waals surface area (Å²) in [4.78, 5) is 8.92. The first kappa shape index (κ1) is 15.8. The summed E-state index contributed by atoms with van der Waals surface area (Å²) in [6, 6.07) is 14.7. The fourth-order valence-corrected chi connectivity index (χ4v) is 4.09. The van der Waals surface area contributed by atoms with E-state index in [9.17, 15) is 0 Å². The van der Waals surface area contributed by atoms with Crippen molar-refractivity contribution in [2.75, 3.05) is 7.11 Å². The highest BCUT2D eigenvalue weighted by atomic mass is 16.5. The maximum Gasteiger partial charge on any atom is 0.128 e. The molecule has 0 bridgehead atoms. The molecule has 3 aromatic heterocycles. The number of pyridine rings is 2. The Morgan fingerprint density at radius 3 is 2.63 bits per heavy atom. The van der Waals surface area contributed by atoms with E-state index in [2.05, 4.69) is 58.0 Å². The van der Waals surface area contributed by atoms with Crippen LogP contribution in [0.1, 0.15) is 5.69 Å². The number of aromatic nitrogens is 3. The summed E-state index contributed by atoms with van der Waals surface area (Å²) in [5, 5.41) is 4.69. The highest BCUT2D eigenvalue weighted by molar-refractivity contribution is 6.11. The van der Waals surface area contributed by atoms with Crippen LogP contribution in [-0.4, -0.2) is 21.6 Å². The molecule has 0 N–H and O–H groups in total. The number of fused-ring (bicyclic) bond motifs is 4. The van der Waals surface area contributed by atoms with Gasteiger partial charge < -0.3 is 9.30 Å². The first-order valence-corrected chi connectivity index (χ1v) is 8.94. The number of benzene rings is 2. The number of rotatable bonds is 2. The molecule has 4 heteroatoms. The summed E-state index contributed by atoms with van der Waals surface area (Å²) >= 11 is 0. The number of hydrogen-bond donors (Lipinski definition) is 0. The lowest BCUT2D eigenvalue weighted by Crippen LogP contribution is -1.93. The van der Waals surface area contributed by atoms with Gasteiger partial charge in [0, 0.05) is 59.0 Å². The third-order valence-corrected chi connectivity index (χ3v) is 5.37. The Balaban J connectivity index is 1.92. The van der Waals surface area contributed by atoms with E-state index >= 15 is 0 Å². The third kappa shape index (κ3) is 2.23. The first-order valence-electron chi connectivity index (χ1n) is 8.94. The minimum atomic E-state index is 0.845. The second-order valence-corrected chi connectivity index (χ2v) is 6.83. The van der Waals surface area contributed by atoms with Crippen LogP contribution in [0.4, 0.5) is 0 Å². The van der Waals surface area contributed by atoms with Crippen LogP contribution in [0.25, 0.3) is 43.7 Å². The van der Waals surface area contributed by atoms with Gasteiger partial charge in [0.2, 0.25) is 0 Å². The maximum atomic E-state index is 5.78. The lowest BCUT2D eigenvalue weighted by atomic mass is 9.98. The molecule has 0 saturated heterocycles. The smallest absolute Gasteiger partial charge is 0.128 e. The van der Waals surface area contributed by atoms with Crippen LogP contribution in [0.5, 0.6) is 5.75 Å². The summed E-state index contributed by atoms with van der Waals surface area (Å²) in [6.07, 6.45) is 5.70. The Morgan fingerprint density at radius 2 is 1.78 bits per heavy atom. The number of methoxy groups -OCH3 is 1. The molecule has 0 spiro atoms. The van der Waals surface area contributed by atoms with Crippen molar-refractivity contribution >= 4 is 32.6 Å². The number of hydrogen-bond acceptors (Lipinski definition) is 3. The summed E-state index contributed by atoms with van der Waals surface area (Å²) in [6.45, 7) is 2.05. The number of nitrogens with zero attached hydrogens (tertiary/aromatic N) is 3. The van der Waals surface area contributed by atoms with Gasteiger partial charge in [0.25, 0.3) is 0 Å². The quantitative estimate of drug-likeness (QED) is 0.435. The Labute approximate surface area is 157 Å². The van der Waals surface area contributed by atoms with Crippen LogP contribution in [0, 0.1) is 6.92 Å². The summed E-state index contributed by atoms with van der Waals surface area (Å²) < 4.78 is 7.98. The van der Waals surface area contributed by atoms with E-state index in [1.165, 1.54) is 16.2 Å². The van der Waals surface area contributed by atoms with E-state index in [0.29, 0.717) is 0 Å². The van der Waals surface area contributed by atoms with E-state index in [-0.39, 0.29) is 0 Å². The van der Waals surface area contributed by atoms with Crippen molar-refractivity contribution in [2.45, 2.75) is 6.92 Å². The second-order valence-electron chi connectivity index (χ2n) is 6.83. The molecule has 0 aliphatic carbocycles. The normalized spacial score (nSPS) is 11.5. The number of aryl methyl sites for hydroxylation is 2. The highest BCUT2D eigenvalue weighted by Gasteiger charge is 2.17.